The molecule has 1 heterocycles. The Hall–Kier alpha value is -2.35. The highest BCUT2D eigenvalue weighted by molar-refractivity contribution is 7.80. The van der Waals surface area contributed by atoms with Crippen molar-refractivity contribution in [1.29, 1.82) is 0 Å². The van der Waals surface area contributed by atoms with Crippen molar-refractivity contribution >= 4 is 52.3 Å². The predicted octanol–water partition coefficient (Wildman–Crippen LogP) is 3.13. The predicted molar refractivity (Wildman–Crippen MR) is 110 cm³/mol. The second kappa shape index (κ2) is 9.03. The molecule has 1 aliphatic heterocycles. The second-order valence-electron chi connectivity index (χ2n) is 5.67. The molecule has 1 aliphatic rings. The molecule has 0 spiro atoms. The average Bonchev–Trinajstić information content (AvgIpc) is 2.58. The highest BCUT2D eigenvalue weighted by Crippen LogP contribution is 2.34. The van der Waals surface area contributed by atoms with Gasteiger partial charge in [-0.1, -0.05) is 35.3 Å². The van der Waals surface area contributed by atoms with Crippen LogP contribution < -0.4 is 10.1 Å². The maximum absolute atomic E-state index is 12.7. The van der Waals surface area contributed by atoms with Crippen molar-refractivity contribution in [2.75, 3.05) is 20.6 Å². The van der Waals surface area contributed by atoms with E-state index >= 15 is 0 Å². The van der Waals surface area contributed by atoms with Crippen molar-refractivity contribution in [2.24, 2.45) is 0 Å². The van der Waals surface area contributed by atoms with Gasteiger partial charge in [0.05, 0.1) is 10.0 Å². The van der Waals surface area contributed by atoms with Crippen LogP contribution in [-0.4, -0.2) is 47.4 Å². The Bertz CT molecular complexity index is 845. The molecule has 1 aromatic carbocycles. The lowest BCUT2D eigenvalue weighted by atomic mass is 10.1. The number of halogens is 2. The van der Waals surface area contributed by atoms with Crippen LogP contribution in [0.3, 0.4) is 0 Å². The summed E-state index contributed by atoms with van der Waals surface area (Å²) in [5.74, 6) is -0.765. The summed E-state index contributed by atoms with van der Waals surface area (Å²) in [6, 6.07) is 4.91. The number of allylic oxidation sites excluding steroid dienone is 1. The van der Waals surface area contributed by atoms with Crippen LogP contribution in [0.4, 0.5) is 0 Å². The number of carbonyl (C=O) groups is 2. The molecule has 2 amide bonds. The van der Waals surface area contributed by atoms with E-state index in [0.717, 1.165) is 0 Å². The number of amides is 2. The third kappa shape index (κ3) is 5.09. The zero-order valence-electron chi connectivity index (χ0n) is 14.7. The summed E-state index contributed by atoms with van der Waals surface area (Å²) >= 11 is 17.3. The van der Waals surface area contributed by atoms with E-state index in [1.807, 2.05) is 0 Å². The number of carbonyl (C=O) groups excluding carboxylic acids is 2. The molecule has 0 atom stereocenters. The topological polar surface area (TPSA) is 61.9 Å². The van der Waals surface area contributed by atoms with E-state index in [4.69, 9.17) is 40.2 Å². The largest absolute Gasteiger partial charge is 0.453 e. The van der Waals surface area contributed by atoms with Crippen molar-refractivity contribution in [3.8, 4) is 5.75 Å². The molecule has 1 aromatic rings. The Morgan fingerprint density at radius 3 is 2.52 bits per heavy atom. The van der Waals surface area contributed by atoms with Crippen LogP contribution in [0.1, 0.15) is 0 Å². The third-order valence-electron chi connectivity index (χ3n) is 3.31. The van der Waals surface area contributed by atoms with Gasteiger partial charge in [0.25, 0.3) is 11.8 Å². The molecule has 27 heavy (non-hydrogen) atoms. The lowest BCUT2D eigenvalue weighted by molar-refractivity contribution is -0.128. The molecule has 142 valence electrons. The maximum Gasteiger partial charge on any atom is 0.266 e. The summed E-state index contributed by atoms with van der Waals surface area (Å²) < 4.78 is 5.78. The maximum atomic E-state index is 12.7. The third-order valence-corrected chi connectivity index (χ3v) is 4.23. The van der Waals surface area contributed by atoms with Crippen LogP contribution in [-0.2, 0) is 9.59 Å². The summed E-state index contributed by atoms with van der Waals surface area (Å²) in [5, 5.41) is 3.08. The van der Waals surface area contributed by atoms with Crippen molar-refractivity contribution in [1.82, 2.24) is 15.1 Å². The molecule has 2 rings (SSSR count). The number of hydrogen-bond acceptors (Lipinski definition) is 5. The molecule has 6 nitrogen and oxygen atoms in total. The SMILES string of the molecule is C=CCN1C(=O)C(=CC(=CN(C)C)Oc2c(Cl)cccc2Cl)C(=O)NC1=S. The molecule has 0 aromatic heterocycles. The first kappa shape index (κ1) is 21.0. The number of ether oxygens (including phenoxy) is 1. The normalized spacial score (nSPS) is 16.4. The minimum Gasteiger partial charge on any atom is -0.453 e. The lowest BCUT2D eigenvalue weighted by Gasteiger charge is -2.28. The van der Waals surface area contributed by atoms with E-state index in [-0.39, 0.29) is 28.7 Å². The number of benzene rings is 1. The Kier molecular flexibility index (Phi) is 7.01. The van der Waals surface area contributed by atoms with Crippen LogP contribution in [0.15, 0.2) is 54.5 Å². The van der Waals surface area contributed by atoms with Gasteiger partial charge in [0, 0.05) is 32.9 Å². The molecule has 0 aliphatic carbocycles. The number of para-hydroxylation sites is 1. The quantitative estimate of drug-likeness (QED) is 0.249. The molecule has 0 saturated carbocycles. The Balaban J connectivity index is 2.45. The van der Waals surface area contributed by atoms with Crippen molar-refractivity contribution in [2.45, 2.75) is 0 Å². The number of hydrogen-bond donors (Lipinski definition) is 1. The summed E-state index contributed by atoms with van der Waals surface area (Å²) in [5.41, 5.74) is -0.137. The zero-order chi connectivity index (χ0) is 20.1. The fourth-order valence-corrected chi connectivity index (χ4v) is 2.90. The van der Waals surface area contributed by atoms with Gasteiger partial charge >= 0.3 is 0 Å². The van der Waals surface area contributed by atoms with Crippen LogP contribution in [0.2, 0.25) is 10.0 Å². The van der Waals surface area contributed by atoms with Crippen molar-refractivity contribution in [3.63, 3.8) is 0 Å². The number of rotatable bonds is 6. The minimum absolute atomic E-state index is 0.0234. The highest BCUT2D eigenvalue weighted by Gasteiger charge is 2.33. The standard InChI is InChI=1S/C18H17Cl2N3O3S/c1-4-8-23-17(25)12(16(24)21-18(23)27)9-11(10-22(2)3)26-15-13(19)6-5-7-14(15)20/h4-7,9-10H,1,8H2,2-3H3,(H,21,24,27). The molecule has 0 bridgehead atoms. The molecular weight excluding hydrogens is 409 g/mol. The monoisotopic (exact) mass is 425 g/mol. The molecule has 0 radical (unpaired) electrons. The highest BCUT2D eigenvalue weighted by atomic mass is 35.5. The van der Waals surface area contributed by atoms with E-state index in [1.165, 1.54) is 17.1 Å². The number of nitrogens with one attached hydrogen (secondary N) is 1. The lowest BCUT2D eigenvalue weighted by Crippen LogP contribution is -2.54. The molecule has 1 N–H and O–H groups in total. The Morgan fingerprint density at radius 2 is 1.96 bits per heavy atom. The second-order valence-corrected chi connectivity index (χ2v) is 6.87. The van der Waals surface area contributed by atoms with Crippen LogP contribution in [0.5, 0.6) is 5.75 Å². The van der Waals surface area contributed by atoms with E-state index in [2.05, 4.69) is 11.9 Å². The van der Waals surface area contributed by atoms with Crippen LogP contribution >= 0.6 is 35.4 Å². The van der Waals surface area contributed by atoms with Gasteiger partial charge in [0.1, 0.15) is 11.3 Å². The van der Waals surface area contributed by atoms with Gasteiger partial charge in [0.2, 0.25) is 0 Å². The van der Waals surface area contributed by atoms with Crippen molar-refractivity contribution < 1.29 is 14.3 Å². The van der Waals surface area contributed by atoms with E-state index < -0.39 is 11.8 Å². The fraction of sp³-hybridized carbons (Fsp3) is 0.167. The Labute approximate surface area is 172 Å². The first-order valence-corrected chi connectivity index (χ1v) is 8.91. The van der Waals surface area contributed by atoms with Gasteiger partial charge in [-0.3, -0.25) is 19.8 Å². The molecule has 0 unspecified atom stereocenters. The van der Waals surface area contributed by atoms with Gasteiger partial charge in [-0.15, -0.1) is 6.58 Å². The van der Waals surface area contributed by atoms with Gasteiger partial charge in [0.15, 0.2) is 10.9 Å². The smallest absolute Gasteiger partial charge is 0.266 e. The first-order chi connectivity index (χ1) is 12.7. The zero-order valence-corrected chi connectivity index (χ0v) is 17.0. The Morgan fingerprint density at radius 1 is 1.33 bits per heavy atom. The molecule has 1 saturated heterocycles. The number of nitrogens with zero attached hydrogens (tertiary/aromatic N) is 2. The van der Waals surface area contributed by atoms with E-state index in [1.54, 1.807) is 43.4 Å². The van der Waals surface area contributed by atoms with Crippen LogP contribution in [0, 0.1) is 0 Å². The molecule has 1 fully saturated rings. The summed E-state index contributed by atoms with van der Waals surface area (Å²) in [6.07, 6.45) is 4.41. The fourth-order valence-electron chi connectivity index (χ4n) is 2.18. The molecular formula is C18H17Cl2N3O3S. The van der Waals surface area contributed by atoms with Crippen LogP contribution in [0.25, 0.3) is 0 Å². The summed E-state index contributed by atoms with van der Waals surface area (Å²) in [7, 11) is 3.52. The molecule has 9 heteroatoms. The van der Waals surface area contributed by atoms with Gasteiger partial charge < -0.3 is 9.64 Å². The van der Waals surface area contributed by atoms with Gasteiger partial charge in [-0.25, -0.2) is 0 Å². The van der Waals surface area contributed by atoms with Gasteiger partial charge in [-0.05, 0) is 24.4 Å². The number of thiocarbonyl (C=S) groups is 1. The van der Waals surface area contributed by atoms with Gasteiger partial charge in [-0.2, -0.15) is 0 Å². The average molecular weight is 426 g/mol. The minimum atomic E-state index is -0.621. The van der Waals surface area contributed by atoms with Crippen molar-refractivity contribution in [3.05, 3.63) is 64.5 Å². The van der Waals surface area contributed by atoms with E-state index in [9.17, 15) is 9.59 Å². The van der Waals surface area contributed by atoms with E-state index in [0.29, 0.717) is 10.0 Å². The summed E-state index contributed by atoms with van der Waals surface area (Å²) in [6.45, 7) is 3.75. The first-order valence-electron chi connectivity index (χ1n) is 7.74. The summed E-state index contributed by atoms with van der Waals surface area (Å²) in [4.78, 5) is 27.9.